The van der Waals surface area contributed by atoms with Gasteiger partial charge in [-0.1, -0.05) is 38.1 Å². The van der Waals surface area contributed by atoms with Crippen molar-refractivity contribution in [3.8, 4) is 0 Å². The van der Waals surface area contributed by atoms with Crippen LogP contribution in [0.25, 0.3) is 0 Å². The molecule has 1 aromatic carbocycles. The molecule has 24 heavy (non-hydrogen) atoms. The highest BCUT2D eigenvalue weighted by atomic mass is 16.3. The molecular formula is C20H28N2O2. The Kier molecular flexibility index (Phi) is 3.64. The predicted molar refractivity (Wildman–Crippen MR) is 93.8 cm³/mol. The molecule has 3 aliphatic rings. The number of amides is 2. The quantitative estimate of drug-likeness (QED) is 0.795. The highest BCUT2D eigenvalue weighted by Crippen LogP contribution is 2.54. The first-order valence-electron chi connectivity index (χ1n) is 9.31. The maximum absolute atomic E-state index is 13.1. The zero-order valence-corrected chi connectivity index (χ0v) is 14.8. The number of hydrogen-bond donors (Lipinski definition) is 1. The van der Waals surface area contributed by atoms with Gasteiger partial charge in [0, 0.05) is 31.1 Å². The summed E-state index contributed by atoms with van der Waals surface area (Å²) < 4.78 is 0. The normalized spacial score (nSPS) is 31.5. The molecule has 4 nitrogen and oxygen atoms in total. The number of fused-ring (bicyclic) bond motifs is 4. The Morgan fingerprint density at radius 2 is 1.83 bits per heavy atom. The summed E-state index contributed by atoms with van der Waals surface area (Å²) in [6, 6.07) is 8.45. The standard InChI is InChI=1S/C20H28N2O2/c1-19(2)17-14-15-8-4-5-9-16(15)20(19,24)10-13-22(17)18(23)21-11-6-3-7-12-21/h4-5,8-9,17,24H,3,6-7,10-14H2,1-2H3. The van der Waals surface area contributed by atoms with Crippen molar-refractivity contribution in [3.05, 3.63) is 35.4 Å². The highest BCUT2D eigenvalue weighted by Gasteiger charge is 2.58. The van der Waals surface area contributed by atoms with Gasteiger partial charge < -0.3 is 14.9 Å². The molecular weight excluding hydrogens is 300 g/mol. The molecule has 2 bridgehead atoms. The van der Waals surface area contributed by atoms with Gasteiger partial charge in [0.2, 0.25) is 0 Å². The number of piperidine rings is 2. The second kappa shape index (κ2) is 5.48. The van der Waals surface area contributed by atoms with E-state index >= 15 is 0 Å². The summed E-state index contributed by atoms with van der Waals surface area (Å²) in [5, 5.41) is 11.5. The number of aliphatic hydroxyl groups is 1. The van der Waals surface area contributed by atoms with E-state index in [2.05, 4.69) is 30.9 Å². The van der Waals surface area contributed by atoms with E-state index in [9.17, 15) is 9.90 Å². The lowest BCUT2D eigenvalue weighted by Gasteiger charge is -2.59. The molecule has 2 amide bonds. The van der Waals surface area contributed by atoms with E-state index in [1.54, 1.807) is 0 Å². The monoisotopic (exact) mass is 328 g/mol. The number of carbonyl (C=O) groups is 1. The van der Waals surface area contributed by atoms with Crippen LogP contribution in [0.15, 0.2) is 24.3 Å². The molecule has 1 aromatic rings. The lowest BCUT2D eigenvalue weighted by atomic mass is 9.56. The summed E-state index contributed by atoms with van der Waals surface area (Å²) in [4.78, 5) is 17.2. The lowest BCUT2D eigenvalue weighted by molar-refractivity contribution is -0.155. The Morgan fingerprint density at radius 3 is 2.58 bits per heavy atom. The van der Waals surface area contributed by atoms with E-state index < -0.39 is 5.60 Å². The predicted octanol–water partition coefficient (Wildman–Crippen LogP) is 3.14. The van der Waals surface area contributed by atoms with Gasteiger partial charge in [0.1, 0.15) is 0 Å². The summed E-state index contributed by atoms with van der Waals surface area (Å²) in [7, 11) is 0. The van der Waals surface area contributed by atoms with Gasteiger partial charge >= 0.3 is 6.03 Å². The Balaban J connectivity index is 1.69. The van der Waals surface area contributed by atoms with Gasteiger partial charge in [-0.25, -0.2) is 4.79 Å². The first-order valence-corrected chi connectivity index (χ1v) is 9.31. The van der Waals surface area contributed by atoms with Gasteiger partial charge in [-0.2, -0.15) is 0 Å². The number of nitrogens with zero attached hydrogens (tertiary/aromatic N) is 2. The molecule has 2 unspecified atom stereocenters. The minimum atomic E-state index is -0.842. The van der Waals surface area contributed by atoms with Crippen molar-refractivity contribution in [2.45, 2.75) is 57.6 Å². The van der Waals surface area contributed by atoms with Gasteiger partial charge in [-0.15, -0.1) is 0 Å². The van der Waals surface area contributed by atoms with E-state index in [4.69, 9.17) is 0 Å². The molecule has 2 fully saturated rings. The maximum atomic E-state index is 13.1. The fourth-order valence-electron chi connectivity index (χ4n) is 5.08. The van der Waals surface area contributed by atoms with Crippen molar-refractivity contribution >= 4 is 6.03 Å². The molecule has 2 atom stereocenters. The molecule has 1 N–H and O–H groups in total. The molecule has 2 saturated heterocycles. The van der Waals surface area contributed by atoms with Gasteiger partial charge in [0.15, 0.2) is 0 Å². The fraction of sp³-hybridized carbons (Fsp3) is 0.650. The van der Waals surface area contributed by atoms with Gasteiger partial charge in [-0.3, -0.25) is 0 Å². The van der Waals surface area contributed by atoms with E-state index in [-0.39, 0.29) is 17.5 Å². The summed E-state index contributed by atoms with van der Waals surface area (Å²) in [6.07, 6.45) is 4.91. The molecule has 1 aliphatic carbocycles. The van der Waals surface area contributed by atoms with Crippen LogP contribution in [-0.2, 0) is 12.0 Å². The minimum Gasteiger partial charge on any atom is -0.384 e. The van der Waals surface area contributed by atoms with Gasteiger partial charge in [-0.05, 0) is 43.2 Å². The topological polar surface area (TPSA) is 43.8 Å². The van der Waals surface area contributed by atoms with Crippen molar-refractivity contribution in [2.75, 3.05) is 19.6 Å². The fourth-order valence-corrected chi connectivity index (χ4v) is 5.08. The Hall–Kier alpha value is -1.55. The maximum Gasteiger partial charge on any atom is 0.320 e. The lowest BCUT2D eigenvalue weighted by Crippen LogP contribution is -2.67. The number of urea groups is 1. The third kappa shape index (κ3) is 2.12. The zero-order valence-electron chi connectivity index (χ0n) is 14.8. The van der Waals surface area contributed by atoms with E-state index in [0.717, 1.165) is 37.9 Å². The van der Waals surface area contributed by atoms with Crippen LogP contribution < -0.4 is 0 Å². The largest absolute Gasteiger partial charge is 0.384 e. The summed E-state index contributed by atoms with van der Waals surface area (Å²) in [5.74, 6) is 0. The minimum absolute atomic E-state index is 0.0561. The van der Waals surface area contributed by atoms with E-state index in [1.807, 2.05) is 17.0 Å². The zero-order chi connectivity index (χ0) is 16.9. The van der Waals surface area contributed by atoms with Crippen molar-refractivity contribution in [2.24, 2.45) is 5.41 Å². The van der Waals surface area contributed by atoms with Crippen molar-refractivity contribution in [1.29, 1.82) is 0 Å². The molecule has 4 rings (SSSR count). The molecule has 2 heterocycles. The van der Waals surface area contributed by atoms with Gasteiger partial charge in [0.25, 0.3) is 0 Å². The number of benzene rings is 1. The first kappa shape index (κ1) is 15.9. The van der Waals surface area contributed by atoms with Crippen molar-refractivity contribution in [1.82, 2.24) is 9.80 Å². The van der Waals surface area contributed by atoms with Crippen LogP contribution in [0.4, 0.5) is 4.79 Å². The highest BCUT2D eigenvalue weighted by molar-refractivity contribution is 5.75. The van der Waals surface area contributed by atoms with Crippen LogP contribution in [0.3, 0.4) is 0 Å². The third-order valence-corrected chi connectivity index (χ3v) is 6.74. The van der Waals surface area contributed by atoms with Crippen LogP contribution in [-0.4, -0.2) is 46.6 Å². The van der Waals surface area contributed by atoms with Crippen molar-refractivity contribution in [3.63, 3.8) is 0 Å². The SMILES string of the molecule is CC1(C)C2Cc3ccccc3C1(O)CCN2C(=O)N1CCCCC1. The molecule has 130 valence electrons. The number of hydrogen-bond acceptors (Lipinski definition) is 2. The second-order valence-electron chi connectivity index (χ2n) is 8.23. The Labute approximate surface area is 144 Å². The molecule has 0 saturated carbocycles. The average Bonchev–Trinajstić information content (AvgIpc) is 2.58. The Morgan fingerprint density at radius 1 is 1.12 bits per heavy atom. The van der Waals surface area contributed by atoms with Crippen LogP contribution in [0.5, 0.6) is 0 Å². The molecule has 0 radical (unpaired) electrons. The third-order valence-electron chi connectivity index (χ3n) is 6.74. The smallest absolute Gasteiger partial charge is 0.320 e. The first-order chi connectivity index (χ1) is 11.4. The second-order valence-corrected chi connectivity index (χ2v) is 8.23. The summed E-state index contributed by atoms with van der Waals surface area (Å²) >= 11 is 0. The molecule has 0 spiro atoms. The van der Waals surface area contributed by atoms with E-state index in [1.165, 1.54) is 12.0 Å². The van der Waals surface area contributed by atoms with Crippen LogP contribution in [0.1, 0.15) is 50.7 Å². The Bertz CT molecular complexity index is 651. The number of rotatable bonds is 0. The average molecular weight is 328 g/mol. The molecule has 4 heteroatoms. The molecule has 0 aromatic heterocycles. The molecule has 2 aliphatic heterocycles. The van der Waals surface area contributed by atoms with Crippen LogP contribution in [0.2, 0.25) is 0 Å². The van der Waals surface area contributed by atoms with Crippen LogP contribution >= 0.6 is 0 Å². The van der Waals surface area contributed by atoms with Crippen LogP contribution in [0, 0.1) is 5.41 Å². The van der Waals surface area contributed by atoms with E-state index in [0.29, 0.717) is 13.0 Å². The number of carbonyl (C=O) groups excluding carboxylic acids is 1. The summed E-state index contributed by atoms with van der Waals surface area (Å²) in [5.41, 5.74) is 1.08. The van der Waals surface area contributed by atoms with Crippen molar-refractivity contribution < 1.29 is 9.90 Å². The number of likely N-dealkylation sites (tertiary alicyclic amines) is 2. The van der Waals surface area contributed by atoms with Gasteiger partial charge in [0.05, 0.1) is 5.60 Å². The summed E-state index contributed by atoms with van der Waals surface area (Å²) in [6.45, 7) is 6.66.